The molecule has 0 spiro atoms. The molecule has 2 atom stereocenters. The Morgan fingerprint density at radius 1 is 1.45 bits per heavy atom. The van der Waals surface area contributed by atoms with Crippen molar-refractivity contribution in [1.29, 1.82) is 0 Å². The van der Waals surface area contributed by atoms with Crippen molar-refractivity contribution >= 4 is 53.0 Å². The van der Waals surface area contributed by atoms with Crippen LogP contribution < -0.4 is 10.6 Å². The molecule has 1 aromatic rings. The highest BCUT2D eigenvalue weighted by Crippen LogP contribution is 2.36. The van der Waals surface area contributed by atoms with Gasteiger partial charge in [0.25, 0.3) is 0 Å². The van der Waals surface area contributed by atoms with Gasteiger partial charge in [0.05, 0.1) is 0 Å². The topological polar surface area (TPSA) is 36.4 Å². The van der Waals surface area contributed by atoms with Crippen LogP contribution in [0, 0.1) is 5.92 Å². The largest absolute Gasteiger partial charge is 0.356 e. The summed E-state index contributed by atoms with van der Waals surface area (Å²) in [5.74, 6) is 2.84. The number of hydrogen-bond acceptors (Lipinski definition) is 3. The molecule has 6 heteroatoms. The molecule has 22 heavy (non-hydrogen) atoms. The number of guanidine groups is 1. The molecule has 1 aromatic heterocycles. The van der Waals surface area contributed by atoms with Crippen molar-refractivity contribution in [3.63, 3.8) is 0 Å². The van der Waals surface area contributed by atoms with E-state index >= 15 is 0 Å². The van der Waals surface area contributed by atoms with E-state index in [1.54, 1.807) is 0 Å². The first-order valence-electron chi connectivity index (χ1n) is 7.72. The number of nitrogens with one attached hydrogen (secondary N) is 2. The highest BCUT2D eigenvalue weighted by Gasteiger charge is 2.29. The van der Waals surface area contributed by atoms with Crippen LogP contribution in [-0.2, 0) is 6.42 Å². The molecule has 2 N–H and O–H groups in total. The number of thioether (sulfide) groups is 1. The zero-order valence-corrected chi connectivity index (χ0v) is 17.7. The third-order valence-electron chi connectivity index (χ3n) is 3.90. The summed E-state index contributed by atoms with van der Waals surface area (Å²) in [5, 5.41) is 9.09. The second kappa shape index (κ2) is 10.0. The predicted molar refractivity (Wildman–Crippen MR) is 112 cm³/mol. The van der Waals surface area contributed by atoms with Crippen molar-refractivity contribution in [3.05, 3.63) is 22.4 Å². The van der Waals surface area contributed by atoms with Gasteiger partial charge in [0.1, 0.15) is 0 Å². The lowest BCUT2D eigenvalue weighted by Gasteiger charge is -2.24. The van der Waals surface area contributed by atoms with E-state index in [-0.39, 0.29) is 24.0 Å². The molecular weight excluding hydrogens is 425 g/mol. The Balaban J connectivity index is 0.00000242. The molecule has 1 saturated heterocycles. The van der Waals surface area contributed by atoms with E-state index in [1.807, 2.05) is 18.4 Å². The van der Waals surface area contributed by atoms with Crippen LogP contribution in [0.15, 0.2) is 22.5 Å². The minimum Gasteiger partial charge on any atom is -0.356 e. The van der Waals surface area contributed by atoms with Crippen LogP contribution in [0.3, 0.4) is 0 Å². The Hall–Kier alpha value is 0.0500. The van der Waals surface area contributed by atoms with Gasteiger partial charge in [-0.05, 0) is 49.3 Å². The Morgan fingerprint density at radius 3 is 2.86 bits per heavy atom. The third kappa shape index (κ3) is 6.66. The smallest absolute Gasteiger partial charge is 0.191 e. The van der Waals surface area contributed by atoms with Gasteiger partial charge in [0.2, 0.25) is 0 Å². The molecule has 2 heterocycles. The molecule has 2 rings (SSSR count). The summed E-state index contributed by atoms with van der Waals surface area (Å²) in [4.78, 5) is 5.80. The first-order valence-corrected chi connectivity index (χ1v) is 9.59. The number of hydrogen-bond donors (Lipinski definition) is 2. The Labute approximate surface area is 160 Å². The molecular formula is C16H28IN3S2. The molecule has 0 radical (unpaired) electrons. The van der Waals surface area contributed by atoms with Crippen LogP contribution >= 0.6 is 47.1 Å². The van der Waals surface area contributed by atoms with Crippen molar-refractivity contribution in [1.82, 2.24) is 10.6 Å². The third-order valence-corrected chi connectivity index (χ3v) is 6.34. The van der Waals surface area contributed by atoms with Gasteiger partial charge in [0.15, 0.2) is 5.96 Å². The standard InChI is InChI=1S/C16H27N3S2.HI/c1-13(10-14-6-4-8-20-14)11-18-15(17-3)19-12-16(2)7-5-9-21-16;/h4,6,8,13H,5,7,9-12H2,1-3H3,(H2,17,18,19);1H. The quantitative estimate of drug-likeness (QED) is 0.389. The SMILES string of the molecule is CN=C(NCC(C)Cc1cccs1)NCC1(C)CCCS1.I. The summed E-state index contributed by atoms with van der Waals surface area (Å²) < 4.78 is 0.375. The summed E-state index contributed by atoms with van der Waals surface area (Å²) >= 11 is 3.92. The van der Waals surface area contributed by atoms with Gasteiger partial charge in [0, 0.05) is 29.8 Å². The lowest BCUT2D eigenvalue weighted by Crippen LogP contribution is -2.44. The number of aliphatic imine (C=N–C) groups is 1. The van der Waals surface area contributed by atoms with Crippen molar-refractivity contribution in [3.8, 4) is 0 Å². The van der Waals surface area contributed by atoms with Crippen molar-refractivity contribution in [2.24, 2.45) is 10.9 Å². The minimum absolute atomic E-state index is 0. The molecule has 0 aliphatic carbocycles. The molecule has 0 bridgehead atoms. The maximum absolute atomic E-state index is 4.34. The van der Waals surface area contributed by atoms with Crippen molar-refractivity contribution in [2.45, 2.75) is 37.9 Å². The average molecular weight is 453 g/mol. The molecule has 1 aliphatic heterocycles. The van der Waals surface area contributed by atoms with E-state index in [9.17, 15) is 0 Å². The first kappa shape index (κ1) is 20.1. The van der Waals surface area contributed by atoms with Crippen LogP contribution in [-0.4, -0.2) is 36.6 Å². The maximum atomic E-state index is 4.34. The zero-order valence-electron chi connectivity index (χ0n) is 13.7. The second-order valence-electron chi connectivity index (χ2n) is 6.10. The summed E-state index contributed by atoms with van der Waals surface area (Å²) in [5.41, 5.74) is 0. The monoisotopic (exact) mass is 453 g/mol. The van der Waals surface area contributed by atoms with Gasteiger partial charge in [-0.2, -0.15) is 11.8 Å². The second-order valence-corrected chi connectivity index (χ2v) is 8.81. The molecule has 1 aliphatic rings. The molecule has 1 fully saturated rings. The summed E-state index contributed by atoms with van der Waals surface area (Å²) in [6, 6.07) is 4.34. The Kier molecular flexibility index (Phi) is 9.16. The Bertz CT molecular complexity index is 442. The van der Waals surface area contributed by atoms with Crippen LogP contribution in [0.1, 0.15) is 31.6 Å². The normalized spacial score (nSPS) is 23.0. The molecule has 2 unspecified atom stereocenters. The van der Waals surface area contributed by atoms with Crippen molar-refractivity contribution < 1.29 is 0 Å². The zero-order chi connectivity index (χ0) is 15.1. The van der Waals surface area contributed by atoms with Crippen LogP contribution in [0.2, 0.25) is 0 Å². The lowest BCUT2D eigenvalue weighted by molar-refractivity contribution is 0.550. The van der Waals surface area contributed by atoms with Crippen LogP contribution in [0.25, 0.3) is 0 Å². The van der Waals surface area contributed by atoms with Gasteiger partial charge in [-0.1, -0.05) is 13.0 Å². The fourth-order valence-corrected chi connectivity index (χ4v) is 4.70. The average Bonchev–Trinajstić information content (AvgIpc) is 3.11. The number of thiophene rings is 1. The van der Waals surface area contributed by atoms with Crippen molar-refractivity contribution in [2.75, 3.05) is 25.9 Å². The maximum Gasteiger partial charge on any atom is 0.191 e. The van der Waals surface area contributed by atoms with Gasteiger partial charge in [-0.25, -0.2) is 0 Å². The van der Waals surface area contributed by atoms with Gasteiger partial charge in [-0.15, -0.1) is 35.3 Å². The predicted octanol–water partition coefficient (Wildman–Crippen LogP) is 4.00. The van der Waals surface area contributed by atoms with E-state index in [0.29, 0.717) is 10.7 Å². The highest BCUT2D eigenvalue weighted by atomic mass is 127. The number of rotatable bonds is 6. The number of nitrogens with zero attached hydrogens (tertiary/aromatic N) is 1. The van der Waals surface area contributed by atoms with E-state index in [0.717, 1.165) is 25.5 Å². The Morgan fingerprint density at radius 2 is 2.27 bits per heavy atom. The number of halogens is 1. The first-order chi connectivity index (χ1) is 10.1. The van der Waals surface area contributed by atoms with E-state index in [4.69, 9.17) is 0 Å². The molecule has 3 nitrogen and oxygen atoms in total. The van der Waals surface area contributed by atoms with Gasteiger partial charge in [-0.3, -0.25) is 4.99 Å². The lowest BCUT2D eigenvalue weighted by atomic mass is 10.1. The van der Waals surface area contributed by atoms with E-state index < -0.39 is 0 Å². The molecule has 0 amide bonds. The minimum atomic E-state index is 0. The molecule has 0 saturated carbocycles. The van der Waals surface area contributed by atoms with Gasteiger partial charge < -0.3 is 10.6 Å². The summed E-state index contributed by atoms with van der Waals surface area (Å²) in [7, 11) is 1.85. The van der Waals surface area contributed by atoms with Crippen LogP contribution in [0.4, 0.5) is 0 Å². The molecule has 126 valence electrons. The molecule has 0 aromatic carbocycles. The van der Waals surface area contributed by atoms with Crippen LogP contribution in [0.5, 0.6) is 0 Å². The summed E-state index contributed by atoms with van der Waals surface area (Å²) in [6.07, 6.45) is 3.78. The summed E-state index contributed by atoms with van der Waals surface area (Å²) in [6.45, 7) is 6.59. The highest BCUT2D eigenvalue weighted by molar-refractivity contribution is 14.0. The fraction of sp³-hybridized carbons (Fsp3) is 0.688. The van der Waals surface area contributed by atoms with E-state index in [2.05, 4.69) is 58.7 Å². The van der Waals surface area contributed by atoms with E-state index in [1.165, 1.54) is 23.5 Å². The van der Waals surface area contributed by atoms with Gasteiger partial charge >= 0.3 is 0 Å². The fourth-order valence-electron chi connectivity index (χ4n) is 2.58.